The van der Waals surface area contributed by atoms with E-state index in [-0.39, 0.29) is 11.3 Å². The molecule has 0 saturated carbocycles. The van der Waals surface area contributed by atoms with Gasteiger partial charge in [0.25, 0.3) is 5.56 Å². The van der Waals surface area contributed by atoms with Crippen molar-refractivity contribution in [2.24, 2.45) is 5.92 Å². The van der Waals surface area contributed by atoms with Crippen molar-refractivity contribution in [2.45, 2.75) is 39.3 Å². The van der Waals surface area contributed by atoms with E-state index < -0.39 is 0 Å². The minimum Gasteiger partial charge on any atom is -0.504 e. The number of aromatic amines is 1. The van der Waals surface area contributed by atoms with Crippen LogP contribution in [0.3, 0.4) is 0 Å². The Morgan fingerprint density at radius 1 is 1.29 bits per heavy atom. The molecule has 28 heavy (non-hydrogen) atoms. The summed E-state index contributed by atoms with van der Waals surface area (Å²) in [7, 11) is 1.55. The number of aromatic nitrogens is 2. The lowest BCUT2D eigenvalue weighted by Gasteiger charge is -2.32. The SMILES string of the molecule is COc1cc(CN2CCc3c(nc(N4CCC(C)CC4)[nH]c3=O)C2)ccc1O. The van der Waals surface area contributed by atoms with Crippen LogP contribution in [0.5, 0.6) is 11.5 Å². The molecule has 7 heteroatoms. The number of hydrogen-bond donors (Lipinski definition) is 2. The summed E-state index contributed by atoms with van der Waals surface area (Å²) in [5.74, 6) is 2.07. The summed E-state index contributed by atoms with van der Waals surface area (Å²) in [6, 6.07) is 5.42. The highest BCUT2D eigenvalue weighted by Gasteiger charge is 2.24. The van der Waals surface area contributed by atoms with E-state index in [1.807, 2.05) is 12.1 Å². The molecule has 1 aromatic heterocycles. The molecule has 0 amide bonds. The maximum atomic E-state index is 12.6. The Balaban J connectivity index is 1.52. The average Bonchev–Trinajstić information content (AvgIpc) is 2.69. The van der Waals surface area contributed by atoms with E-state index in [1.54, 1.807) is 13.2 Å². The second-order valence-electron chi connectivity index (χ2n) is 7.95. The third-order valence-corrected chi connectivity index (χ3v) is 5.87. The van der Waals surface area contributed by atoms with Crippen molar-refractivity contribution in [1.82, 2.24) is 14.9 Å². The number of ether oxygens (including phenoxy) is 1. The number of piperidine rings is 1. The Labute approximate surface area is 165 Å². The van der Waals surface area contributed by atoms with Crippen LogP contribution in [-0.2, 0) is 19.5 Å². The van der Waals surface area contributed by atoms with Crippen LogP contribution in [-0.4, -0.2) is 46.7 Å². The molecule has 0 aliphatic carbocycles. The first-order valence-electron chi connectivity index (χ1n) is 9.98. The number of phenols is 1. The van der Waals surface area contributed by atoms with Gasteiger partial charge in [-0.05, 0) is 42.9 Å². The van der Waals surface area contributed by atoms with E-state index in [4.69, 9.17) is 9.72 Å². The highest BCUT2D eigenvalue weighted by Crippen LogP contribution is 2.28. The molecule has 1 fully saturated rings. The first-order chi connectivity index (χ1) is 13.5. The Kier molecular flexibility index (Phi) is 5.26. The van der Waals surface area contributed by atoms with E-state index in [2.05, 4.69) is 21.7 Å². The zero-order valence-electron chi connectivity index (χ0n) is 16.6. The van der Waals surface area contributed by atoms with Crippen molar-refractivity contribution in [1.29, 1.82) is 0 Å². The van der Waals surface area contributed by atoms with Crippen molar-refractivity contribution >= 4 is 5.95 Å². The number of methoxy groups -OCH3 is 1. The number of anilines is 1. The van der Waals surface area contributed by atoms with Gasteiger partial charge in [0.1, 0.15) is 0 Å². The third kappa shape index (κ3) is 3.85. The number of H-pyrrole nitrogens is 1. The summed E-state index contributed by atoms with van der Waals surface area (Å²) in [6.07, 6.45) is 2.97. The molecule has 1 aromatic carbocycles. The number of fused-ring (bicyclic) bond motifs is 1. The molecule has 3 heterocycles. The first kappa shape index (κ1) is 18.8. The zero-order chi connectivity index (χ0) is 19.7. The molecule has 150 valence electrons. The number of nitrogens with one attached hydrogen (secondary N) is 1. The molecule has 0 unspecified atom stereocenters. The van der Waals surface area contributed by atoms with Crippen LogP contribution in [0.15, 0.2) is 23.0 Å². The quantitative estimate of drug-likeness (QED) is 0.842. The molecule has 2 aliphatic heterocycles. The van der Waals surface area contributed by atoms with Gasteiger partial charge in [-0.3, -0.25) is 14.7 Å². The van der Waals surface area contributed by atoms with E-state index in [1.165, 1.54) is 0 Å². The molecule has 0 radical (unpaired) electrons. The minimum absolute atomic E-state index is 0.00424. The van der Waals surface area contributed by atoms with Crippen LogP contribution in [0.4, 0.5) is 5.95 Å². The normalized spacial score (nSPS) is 18.1. The van der Waals surface area contributed by atoms with Gasteiger partial charge in [-0.2, -0.15) is 0 Å². The molecule has 2 N–H and O–H groups in total. The van der Waals surface area contributed by atoms with Crippen molar-refractivity contribution in [3.8, 4) is 11.5 Å². The van der Waals surface area contributed by atoms with Crippen LogP contribution in [0.25, 0.3) is 0 Å². The maximum absolute atomic E-state index is 12.6. The van der Waals surface area contributed by atoms with Gasteiger partial charge in [-0.25, -0.2) is 4.98 Å². The number of benzene rings is 1. The summed E-state index contributed by atoms with van der Waals surface area (Å²) >= 11 is 0. The Bertz CT molecular complexity index is 903. The fourth-order valence-electron chi connectivity index (χ4n) is 4.06. The predicted molar refractivity (Wildman–Crippen MR) is 108 cm³/mol. The summed E-state index contributed by atoms with van der Waals surface area (Å²) in [5.41, 5.74) is 2.76. The van der Waals surface area contributed by atoms with Crippen LogP contribution in [0.2, 0.25) is 0 Å². The minimum atomic E-state index is 0.00424. The highest BCUT2D eigenvalue weighted by molar-refractivity contribution is 5.42. The fourth-order valence-corrected chi connectivity index (χ4v) is 4.06. The van der Waals surface area contributed by atoms with Crippen LogP contribution in [0.1, 0.15) is 36.6 Å². The maximum Gasteiger partial charge on any atom is 0.255 e. The zero-order valence-corrected chi connectivity index (χ0v) is 16.6. The predicted octanol–water partition coefficient (Wildman–Crippen LogP) is 2.28. The summed E-state index contributed by atoms with van der Waals surface area (Å²) in [4.78, 5) is 24.9. The second kappa shape index (κ2) is 7.83. The van der Waals surface area contributed by atoms with Gasteiger partial charge in [0.15, 0.2) is 11.5 Å². The lowest BCUT2D eigenvalue weighted by atomic mass is 9.99. The van der Waals surface area contributed by atoms with Crippen molar-refractivity contribution in [3.63, 3.8) is 0 Å². The van der Waals surface area contributed by atoms with Crippen molar-refractivity contribution < 1.29 is 9.84 Å². The molecule has 0 spiro atoms. The number of phenolic OH excluding ortho intramolecular Hbond substituents is 1. The Morgan fingerprint density at radius 2 is 2.07 bits per heavy atom. The van der Waals surface area contributed by atoms with Crippen LogP contribution in [0, 0.1) is 5.92 Å². The lowest BCUT2D eigenvalue weighted by molar-refractivity contribution is 0.240. The van der Waals surface area contributed by atoms with Gasteiger partial charge < -0.3 is 14.7 Å². The second-order valence-corrected chi connectivity index (χ2v) is 7.95. The van der Waals surface area contributed by atoms with E-state index in [0.29, 0.717) is 24.7 Å². The molecule has 2 aromatic rings. The van der Waals surface area contributed by atoms with Crippen LogP contribution >= 0.6 is 0 Å². The molecule has 2 aliphatic rings. The Hall–Kier alpha value is -2.54. The monoisotopic (exact) mass is 384 g/mol. The molecular formula is C21H28N4O3. The fraction of sp³-hybridized carbons (Fsp3) is 0.524. The van der Waals surface area contributed by atoms with Gasteiger partial charge in [-0.15, -0.1) is 0 Å². The number of aromatic hydroxyl groups is 1. The molecule has 1 saturated heterocycles. The lowest BCUT2D eigenvalue weighted by Crippen LogP contribution is -2.39. The molecule has 4 rings (SSSR count). The van der Waals surface area contributed by atoms with Gasteiger partial charge in [0.05, 0.1) is 12.8 Å². The van der Waals surface area contributed by atoms with Crippen LogP contribution < -0.4 is 15.2 Å². The van der Waals surface area contributed by atoms with Crippen molar-refractivity contribution in [2.75, 3.05) is 31.6 Å². The topological polar surface area (TPSA) is 81.7 Å². The van der Waals surface area contributed by atoms with Crippen molar-refractivity contribution in [3.05, 3.63) is 45.4 Å². The van der Waals surface area contributed by atoms with E-state index in [9.17, 15) is 9.90 Å². The van der Waals surface area contributed by atoms with Gasteiger partial charge in [0.2, 0.25) is 5.95 Å². The summed E-state index contributed by atoms with van der Waals surface area (Å²) < 4.78 is 5.21. The highest BCUT2D eigenvalue weighted by atomic mass is 16.5. The van der Waals surface area contributed by atoms with Gasteiger partial charge >= 0.3 is 0 Å². The summed E-state index contributed by atoms with van der Waals surface area (Å²) in [6.45, 7) is 6.35. The smallest absolute Gasteiger partial charge is 0.255 e. The molecular weight excluding hydrogens is 356 g/mol. The van der Waals surface area contributed by atoms with E-state index >= 15 is 0 Å². The van der Waals surface area contributed by atoms with Gasteiger partial charge in [-0.1, -0.05) is 13.0 Å². The standard InChI is InChI=1S/C21H28N4O3/c1-14-5-9-25(10-6-14)21-22-17-13-24(8-7-16(17)20(27)23-21)12-15-3-4-18(26)19(11-15)28-2/h3-4,11,14,26H,5-10,12-13H2,1-2H3,(H,22,23,27). The number of rotatable bonds is 4. The average molecular weight is 384 g/mol. The van der Waals surface area contributed by atoms with E-state index in [0.717, 1.165) is 61.8 Å². The summed E-state index contributed by atoms with van der Waals surface area (Å²) in [5, 5.41) is 9.78. The van der Waals surface area contributed by atoms with Gasteiger partial charge in [0, 0.05) is 38.3 Å². The number of nitrogens with zero attached hydrogens (tertiary/aromatic N) is 3. The molecule has 0 atom stereocenters. The third-order valence-electron chi connectivity index (χ3n) is 5.87. The first-order valence-corrected chi connectivity index (χ1v) is 9.98. The Morgan fingerprint density at radius 3 is 2.82 bits per heavy atom. The largest absolute Gasteiger partial charge is 0.504 e. The molecule has 7 nitrogen and oxygen atoms in total. The molecule has 0 bridgehead atoms. The number of hydrogen-bond acceptors (Lipinski definition) is 6.